The van der Waals surface area contributed by atoms with E-state index in [9.17, 15) is 14.0 Å². The molecule has 2 fully saturated rings. The molecule has 0 spiro atoms. The predicted octanol–water partition coefficient (Wildman–Crippen LogP) is 6.29. The summed E-state index contributed by atoms with van der Waals surface area (Å²) in [4.78, 5) is 37.3. The molecule has 3 N–H and O–H groups in total. The van der Waals surface area contributed by atoms with Gasteiger partial charge in [-0.25, -0.2) is 14.4 Å². The van der Waals surface area contributed by atoms with Crippen molar-refractivity contribution in [2.24, 2.45) is 12.5 Å². The Morgan fingerprint density at radius 2 is 1.83 bits per heavy atom. The van der Waals surface area contributed by atoms with Gasteiger partial charge in [0, 0.05) is 31.6 Å². The van der Waals surface area contributed by atoms with Gasteiger partial charge in [-0.15, -0.1) is 0 Å². The Morgan fingerprint density at radius 3 is 2.50 bits per heavy atom. The summed E-state index contributed by atoms with van der Waals surface area (Å²) in [5, 5.41) is 10.0. The van der Waals surface area contributed by atoms with Crippen LogP contribution in [0.2, 0.25) is 10.0 Å². The number of carbonyl (C=O) groups is 2. The molecule has 1 saturated carbocycles. The summed E-state index contributed by atoms with van der Waals surface area (Å²) >= 11 is 13.3. The molecule has 9 nitrogen and oxygen atoms in total. The molecule has 0 radical (unpaired) electrons. The number of imidazole rings is 1. The number of aromatic nitrogens is 3. The van der Waals surface area contributed by atoms with Gasteiger partial charge in [0.15, 0.2) is 5.65 Å². The molecule has 3 heterocycles. The number of hydrogen-bond donors (Lipinski definition) is 3. The first-order valence-electron chi connectivity index (χ1n) is 14.5. The lowest BCUT2D eigenvalue weighted by atomic mass is 9.95. The summed E-state index contributed by atoms with van der Waals surface area (Å²) < 4.78 is 16.0. The van der Waals surface area contributed by atoms with E-state index in [0.29, 0.717) is 62.8 Å². The third-order valence-electron chi connectivity index (χ3n) is 7.97. The van der Waals surface area contributed by atoms with Crippen molar-refractivity contribution < 1.29 is 14.0 Å². The molecule has 1 saturated heterocycles. The Bertz CT molecular complexity index is 1500. The number of nitrogens with zero attached hydrogens (tertiary/aromatic N) is 4. The summed E-state index contributed by atoms with van der Waals surface area (Å²) in [5.74, 6) is 0.557. The monoisotopic (exact) mass is 617 g/mol. The number of pyridine rings is 1. The molecule has 5 rings (SSSR count). The van der Waals surface area contributed by atoms with Crippen molar-refractivity contribution in [3.63, 3.8) is 0 Å². The quantitative estimate of drug-likeness (QED) is 0.288. The SMILES string of the molecule is Cn1c(Nc2c(Cl)ccc(CNC(=O)C(C)(C)C)c2Cl)nc2cc(C(=O)NC3CCCCC3)c(N3CCC(F)C3)nc21. The fourth-order valence-electron chi connectivity index (χ4n) is 5.44. The Kier molecular flexibility index (Phi) is 8.85. The number of alkyl halides is 1. The molecule has 2 aliphatic rings. The molecule has 1 aromatic carbocycles. The molecule has 226 valence electrons. The molecule has 3 aromatic rings. The molecular weight excluding hydrogens is 580 g/mol. The highest BCUT2D eigenvalue weighted by atomic mass is 35.5. The van der Waals surface area contributed by atoms with Gasteiger partial charge in [-0.1, -0.05) is 69.3 Å². The molecule has 1 atom stereocenters. The number of anilines is 3. The maximum Gasteiger partial charge on any atom is 0.255 e. The standard InChI is InChI=1S/C30H38Cl2FN7O2/c1-30(2,3)28(42)34-15-17-10-11-21(31)24(23(17)32)37-29-36-22-14-20(27(41)35-19-8-6-5-7-9-19)25(38-26(22)39(29)4)40-13-12-18(33)16-40/h10-11,14,18-19H,5-9,12-13,15-16H2,1-4H3,(H,34,42)(H,35,41)(H,36,37). The van der Waals surface area contributed by atoms with Crippen molar-refractivity contribution in [1.29, 1.82) is 0 Å². The zero-order valence-electron chi connectivity index (χ0n) is 24.5. The average molecular weight is 619 g/mol. The zero-order valence-corrected chi connectivity index (χ0v) is 26.0. The summed E-state index contributed by atoms with van der Waals surface area (Å²) in [6, 6.07) is 5.33. The Hall–Kier alpha value is -3.11. The lowest BCUT2D eigenvalue weighted by Crippen LogP contribution is -2.37. The lowest BCUT2D eigenvalue weighted by Gasteiger charge is -2.24. The van der Waals surface area contributed by atoms with Crippen LogP contribution < -0.4 is 20.9 Å². The molecule has 2 aromatic heterocycles. The van der Waals surface area contributed by atoms with Gasteiger partial charge in [0.2, 0.25) is 11.9 Å². The van der Waals surface area contributed by atoms with E-state index < -0.39 is 11.6 Å². The molecule has 42 heavy (non-hydrogen) atoms. The molecule has 0 bridgehead atoms. The van der Waals surface area contributed by atoms with Gasteiger partial charge in [0.05, 0.1) is 27.8 Å². The van der Waals surface area contributed by atoms with E-state index in [2.05, 4.69) is 16.0 Å². The first-order valence-corrected chi connectivity index (χ1v) is 15.3. The molecule has 1 unspecified atom stereocenters. The fraction of sp³-hybridized carbons (Fsp3) is 0.533. The maximum absolute atomic E-state index is 14.2. The number of rotatable bonds is 7. The van der Waals surface area contributed by atoms with Crippen LogP contribution in [0.4, 0.5) is 21.8 Å². The number of benzene rings is 1. The summed E-state index contributed by atoms with van der Waals surface area (Å²) in [7, 11) is 1.80. The van der Waals surface area contributed by atoms with Crippen LogP contribution in [-0.2, 0) is 18.4 Å². The van der Waals surface area contributed by atoms with Crippen molar-refractivity contribution in [2.75, 3.05) is 23.3 Å². The van der Waals surface area contributed by atoms with Crippen LogP contribution in [0.15, 0.2) is 18.2 Å². The predicted molar refractivity (Wildman–Crippen MR) is 166 cm³/mol. The number of aryl methyl sites for hydroxylation is 1. The van der Waals surface area contributed by atoms with Crippen LogP contribution in [0, 0.1) is 5.41 Å². The van der Waals surface area contributed by atoms with E-state index in [1.54, 1.807) is 29.8 Å². The van der Waals surface area contributed by atoms with Gasteiger partial charge >= 0.3 is 0 Å². The van der Waals surface area contributed by atoms with Crippen LogP contribution in [0.25, 0.3) is 11.2 Å². The average Bonchev–Trinajstić information content (AvgIpc) is 3.51. The molecular formula is C30H38Cl2FN7O2. The third-order valence-corrected chi connectivity index (χ3v) is 8.72. The van der Waals surface area contributed by atoms with Crippen molar-refractivity contribution in [2.45, 2.75) is 78.1 Å². The van der Waals surface area contributed by atoms with Gasteiger partial charge in [0.25, 0.3) is 5.91 Å². The van der Waals surface area contributed by atoms with Crippen molar-refractivity contribution in [3.05, 3.63) is 39.4 Å². The van der Waals surface area contributed by atoms with Crippen molar-refractivity contribution in [1.82, 2.24) is 25.2 Å². The second-order valence-corrected chi connectivity index (χ2v) is 13.1. The second-order valence-electron chi connectivity index (χ2n) is 12.3. The van der Waals surface area contributed by atoms with Crippen LogP contribution in [0.1, 0.15) is 75.2 Å². The number of nitrogens with one attached hydrogen (secondary N) is 3. The minimum atomic E-state index is -0.967. The number of fused-ring (bicyclic) bond motifs is 1. The van der Waals surface area contributed by atoms with Gasteiger partial charge in [-0.3, -0.25) is 14.2 Å². The van der Waals surface area contributed by atoms with E-state index >= 15 is 0 Å². The van der Waals surface area contributed by atoms with E-state index in [1.165, 1.54) is 6.42 Å². The van der Waals surface area contributed by atoms with Crippen LogP contribution in [0.5, 0.6) is 0 Å². The van der Waals surface area contributed by atoms with E-state index in [-0.39, 0.29) is 30.9 Å². The van der Waals surface area contributed by atoms with Crippen molar-refractivity contribution >= 4 is 63.6 Å². The maximum atomic E-state index is 14.2. The van der Waals surface area contributed by atoms with E-state index in [1.807, 2.05) is 25.7 Å². The zero-order chi connectivity index (χ0) is 30.2. The highest BCUT2D eigenvalue weighted by Gasteiger charge is 2.30. The first-order chi connectivity index (χ1) is 19.9. The Morgan fingerprint density at radius 1 is 1.10 bits per heavy atom. The van der Waals surface area contributed by atoms with Gasteiger partial charge < -0.3 is 20.9 Å². The lowest BCUT2D eigenvalue weighted by molar-refractivity contribution is -0.128. The Balaban J connectivity index is 1.47. The van der Waals surface area contributed by atoms with E-state index in [0.717, 1.165) is 25.7 Å². The highest BCUT2D eigenvalue weighted by molar-refractivity contribution is 6.39. The second kappa shape index (κ2) is 12.2. The Labute approximate surface area is 255 Å². The molecule has 2 amide bonds. The van der Waals surface area contributed by atoms with Crippen molar-refractivity contribution in [3.8, 4) is 0 Å². The smallest absolute Gasteiger partial charge is 0.255 e. The molecule has 12 heteroatoms. The van der Waals surface area contributed by atoms with Gasteiger partial charge in [0.1, 0.15) is 17.5 Å². The van der Waals surface area contributed by atoms with Gasteiger partial charge in [-0.2, -0.15) is 0 Å². The normalized spacial score (nSPS) is 18.0. The molecule has 1 aliphatic carbocycles. The van der Waals surface area contributed by atoms with Crippen LogP contribution >= 0.6 is 23.2 Å². The first kappa shape index (κ1) is 30.4. The number of hydrogen-bond acceptors (Lipinski definition) is 6. The fourth-order valence-corrected chi connectivity index (χ4v) is 5.97. The van der Waals surface area contributed by atoms with Gasteiger partial charge in [-0.05, 0) is 37.0 Å². The third kappa shape index (κ3) is 6.44. The largest absolute Gasteiger partial charge is 0.353 e. The number of amides is 2. The highest BCUT2D eigenvalue weighted by Crippen LogP contribution is 2.37. The minimum absolute atomic E-state index is 0.0966. The van der Waals surface area contributed by atoms with Crippen LogP contribution in [0.3, 0.4) is 0 Å². The topological polar surface area (TPSA) is 104 Å². The van der Waals surface area contributed by atoms with Crippen LogP contribution in [-0.4, -0.2) is 51.7 Å². The minimum Gasteiger partial charge on any atom is -0.353 e. The summed E-state index contributed by atoms with van der Waals surface area (Å²) in [6.45, 7) is 6.43. The summed E-state index contributed by atoms with van der Waals surface area (Å²) in [5.41, 5.74) is 2.02. The molecule has 1 aliphatic heterocycles. The summed E-state index contributed by atoms with van der Waals surface area (Å²) in [6.07, 6.45) is 4.69. The number of halogens is 3. The number of carbonyl (C=O) groups excluding carboxylic acids is 2. The van der Waals surface area contributed by atoms with E-state index in [4.69, 9.17) is 33.2 Å².